The zero-order chi connectivity index (χ0) is 14.4. The number of carboxylic acid groups (broad SMARTS) is 1. The van der Waals surface area contributed by atoms with Crippen molar-refractivity contribution in [3.8, 4) is 5.75 Å². The molecule has 0 saturated heterocycles. The molecule has 0 bridgehead atoms. The Kier molecular flexibility index (Phi) is 5.98. The van der Waals surface area contributed by atoms with E-state index < -0.39 is 12.6 Å². The van der Waals surface area contributed by atoms with Crippen molar-refractivity contribution in [3.05, 3.63) is 28.8 Å². The highest BCUT2D eigenvalue weighted by Gasteiger charge is 2.14. The molecule has 1 aromatic carbocycles. The highest BCUT2D eigenvalue weighted by atomic mass is 35.5. The fourth-order valence-corrected chi connectivity index (χ4v) is 1.79. The molecule has 0 aliphatic heterocycles. The van der Waals surface area contributed by atoms with Crippen molar-refractivity contribution in [1.82, 2.24) is 4.90 Å². The number of nitrogens with zero attached hydrogens (tertiary/aromatic N) is 1. The molecule has 0 fully saturated rings. The third kappa shape index (κ3) is 5.40. The van der Waals surface area contributed by atoms with Gasteiger partial charge in [0.1, 0.15) is 5.75 Å². The van der Waals surface area contributed by atoms with Crippen LogP contribution in [0, 0.1) is 0 Å². The van der Waals surface area contributed by atoms with Crippen molar-refractivity contribution in [2.45, 2.75) is 20.1 Å². The first-order chi connectivity index (χ1) is 8.92. The molecule has 19 heavy (non-hydrogen) atoms. The number of halogens is 3. The average molecular weight is 294 g/mol. The highest BCUT2D eigenvalue weighted by Crippen LogP contribution is 2.25. The van der Waals surface area contributed by atoms with Crippen LogP contribution in [0.2, 0.25) is 5.02 Å². The lowest BCUT2D eigenvalue weighted by Crippen LogP contribution is -2.29. The van der Waals surface area contributed by atoms with Crippen LogP contribution in [0.1, 0.15) is 12.5 Å². The van der Waals surface area contributed by atoms with Crippen LogP contribution in [0.25, 0.3) is 0 Å². The van der Waals surface area contributed by atoms with E-state index in [-0.39, 0.29) is 18.8 Å². The van der Waals surface area contributed by atoms with E-state index in [1.807, 2.05) is 0 Å². The van der Waals surface area contributed by atoms with Crippen LogP contribution in [-0.2, 0) is 11.3 Å². The maximum atomic E-state index is 12.3. The summed E-state index contributed by atoms with van der Waals surface area (Å²) in [5, 5.41) is 9.12. The lowest BCUT2D eigenvalue weighted by atomic mass is 10.2. The molecule has 4 nitrogen and oxygen atoms in total. The lowest BCUT2D eigenvalue weighted by Gasteiger charge is -2.20. The number of hydrogen-bond donors (Lipinski definition) is 1. The van der Waals surface area contributed by atoms with Gasteiger partial charge in [-0.2, -0.15) is 8.78 Å². The number of aliphatic carboxylic acids is 1. The second-order valence-electron chi connectivity index (χ2n) is 3.83. The van der Waals surface area contributed by atoms with Gasteiger partial charge in [-0.3, -0.25) is 9.69 Å². The number of carbonyl (C=O) groups is 1. The molecule has 0 atom stereocenters. The van der Waals surface area contributed by atoms with E-state index in [0.717, 1.165) is 0 Å². The van der Waals surface area contributed by atoms with Gasteiger partial charge in [0.05, 0.1) is 6.54 Å². The molecule has 0 aromatic heterocycles. The third-order valence-electron chi connectivity index (χ3n) is 2.44. The van der Waals surface area contributed by atoms with Gasteiger partial charge in [-0.05, 0) is 24.7 Å². The Hall–Kier alpha value is -1.40. The molecule has 0 spiro atoms. The molecule has 106 valence electrons. The van der Waals surface area contributed by atoms with E-state index in [1.165, 1.54) is 18.2 Å². The molecular weight excluding hydrogens is 280 g/mol. The van der Waals surface area contributed by atoms with Crippen LogP contribution in [0.3, 0.4) is 0 Å². The number of carboxylic acids is 1. The molecular formula is C12H14ClF2NO3. The first kappa shape index (κ1) is 15.7. The fourth-order valence-electron chi connectivity index (χ4n) is 1.59. The van der Waals surface area contributed by atoms with Crippen LogP contribution in [-0.4, -0.2) is 35.7 Å². The first-order valence-electron chi connectivity index (χ1n) is 5.59. The topological polar surface area (TPSA) is 49.8 Å². The summed E-state index contributed by atoms with van der Waals surface area (Å²) in [6.07, 6.45) is 0. The van der Waals surface area contributed by atoms with Gasteiger partial charge < -0.3 is 9.84 Å². The van der Waals surface area contributed by atoms with Crippen molar-refractivity contribution in [1.29, 1.82) is 0 Å². The molecule has 0 heterocycles. The average Bonchev–Trinajstić information content (AvgIpc) is 2.30. The van der Waals surface area contributed by atoms with Gasteiger partial charge in [0, 0.05) is 17.1 Å². The monoisotopic (exact) mass is 293 g/mol. The Morgan fingerprint density at radius 1 is 1.53 bits per heavy atom. The Bertz CT molecular complexity index is 443. The highest BCUT2D eigenvalue weighted by molar-refractivity contribution is 6.30. The van der Waals surface area contributed by atoms with Crippen LogP contribution in [0.5, 0.6) is 5.75 Å². The molecule has 1 N–H and O–H groups in total. The first-order valence-corrected chi connectivity index (χ1v) is 5.97. The van der Waals surface area contributed by atoms with Gasteiger partial charge in [0.15, 0.2) is 0 Å². The van der Waals surface area contributed by atoms with Crippen molar-refractivity contribution >= 4 is 17.6 Å². The normalized spacial score (nSPS) is 11.1. The van der Waals surface area contributed by atoms with Gasteiger partial charge in [0.2, 0.25) is 0 Å². The Balaban J connectivity index is 2.90. The maximum absolute atomic E-state index is 12.3. The van der Waals surface area contributed by atoms with E-state index in [4.69, 9.17) is 16.7 Å². The summed E-state index contributed by atoms with van der Waals surface area (Å²) in [5.74, 6) is -0.983. The zero-order valence-electron chi connectivity index (χ0n) is 10.3. The Morgan fingerprint density at radius 3 is 2.74 bits per heavy atom. The maximum Gasteiger partial charge on any atom is 0.387 e. The molecule has 0 aliphatic carbocycles. The summed E-state index contributed by atoms with van der Waals surface area (Å²) < 4.78 is 28.9. The third-order valence-corrected chi connectivity index (χ3v) is 2.67. The number of hydrogen-bond acceptors (Lipinski definition) is 3. The molecule has 1 aromatic rings. The molecule has 0 unspecified atom stereocenters. The smallest absolute Gasteiger partial charge is 0.387 e. The van der Waals surface area contributed by atoms with Crippen LogP contribution in [0.15, 0.2) is 18.2 Å². The Labute approximate surface area is 114 Å². The number of rotatable bonds is 7. The predicted octanol–water partition coefficient (Wildman–Crippen LogP) is 2.85. The van der Waals surface area contributed by atoms with E-state index in [1.54, 1.807) is 11.8 Å². The summed E-state index contributed by atoms with van der Waals surface area (Å²) in [6.45, 7) is -0.703. The standard InChI is InChI=1S/C12H14ClF2NO3/c1-2-16(7-11(17)18)6-8-5-9(13)3-4-10(8)19-12(14)15/h3-5,12H,2,6-7H2,1H3,(H,17,18). The summed E-state index contributed by atoms with van der Waals surface area (Å²) in [4.78, 5) is 12.2. The quantitative estimate of drug-likeness (QED) is 0.840. The molecule has 0 amide bonds. The number of ether oxygens (including phenoxy) is 1. The summed E-state index contributed by atoms with van der Waals surface area (Å²) in [7, 11) is 0. The molecule has 7 heteroatoms. The number of alkyl halides is 2. The largest absolute Gasteiger partial charge is 0.480 e. The van der Waals surface area contributed by atoms with Gasteiger partial charge >= 0.3 is 12.6 Å². The molecule has 1 rings (SSSR count). The van der Waals surface area contributed by atoms with Gasteiger partial charge in [0.25, 0.3) is 0 Å². The van der Waals surface area contributed by atoms with E-state index in [9.17, 15) is 13.6 Å². The minimum absolute atomic E-state index is 0.00300. The van der Waals surface area contributed by atoms with Crippen molar-refractivity contribution < 1.29 is 23.4 Å². The molecule has 0 aliphatic rings. The second kappa shape index (κ2) is 7.25. The molecule has 0 saturated carbocycles. The summed E-state index contributed by atoms with van der Waals surface area (Å²) >= 11 is 5.81. The Morgan fingerprint density at radius 2 is 2.21 bits per heavy atom. The predicted molar refractivity (Wildman–Crippen MR) is 66.7 cm³/mol. The van der Waals surface area contributed by atoms with Gasteiger partial charge in [-0.25, -0.2) is 0 Å². The number of likely N-dealkylation sites (N-methyl/N-ethyl adjacent to an activating group) is 1. The van der Waals surface area contributed by atoms with Crippen LogP contribution >= 0.6 is 11.6 Å². The van der Waals surface area contributed by atoms with Gasteiger partial charge in [-0.15, -0.1) is 0 Å². The van der Waals surface area contributed by atoms with Crippen molar-refractivity contribution in [2.75, 3.05) is 13.1 Å². The van der Waals surface area contributed by atoms with Gasteiger partial charge in [-0.1, -0.05) is 18.5 Å². The molecule has 0 radical (unpaired) electrons. The minimum Gasteiger partial charge on any atom is -0.480 e. The number of benzene rings is 1. The van der Waals surface area contributed by atoms with Crippen molar-refractivity contribution in [3.63, 3.8) is 0 Å². The zero-order valence-corrected chi connectivity index (χ0v) is 11.0. The van der Waals surface area contributed by atoms with E-state index in [2.05, 4.69) is 4.74 Å². The van der Waals surface area contributed by atoms with E-state index in [0.29, 0.717) is 17.1 Å². The summed E-state index contributed by atoms with van der Waals surface area (Å²) in [5.41, 5.74) is 0.427. The summed E-state index contributed by atoms with van der Waals surface area (Å²) in [6, 6.07) is 4.28. The fraction of sp³-hybridized carbons (Fsp3) is 0.417. The minimum atomic E-state index is -2.94. The van der Waals surface area contributed by atoms with E-state index >= 15 is 0 Å². The lowest BCUT2D eigenvalue weighted by molar-refractivity contribution is -0.138. The van der Waals surface area contributed by atoms with Crippen LogP contribution in [0.4, 0.5) is 8.78 Å². The SMILES string of the molecule is CCN(CC(=O)O)Cc1cc(Cl)ccc1OC(F)F. The van der Waals surface area contributed by atoms with Crippen LogP contribution < -0.4 is 4.74 Å². The second-order valence-corrected chi connectivity index (χ2v) is 4.26. The van der Waals surface area contributed by atoms with Crippen molar-refractivity contribution in [2.24, 2.45) is 0 Å².